The van der Waals surface area contributed by atoms with Crippen molar-refractivity contribution in [2.45, 2.75) is 25.3 Å². The fourth-order valence-electron chi connectivity index (χ4n) is 3.46. The molecule has 0 radical (unpaired) electrons. The molecule has 7 heteroatoms. The molecule has 28 heavy (non-hydrogen) atoms. The molecule has 1 amide bonds. The van der Waals surface area contributed by atoms with E-state index in [0.29, 0.717) is 18.7 Å². The minimum absolute atomic E-state index is 0.110. The number of carbonyl (C=O) groups excluding carboxylic acids is 1. The van der Waals surface area contributed by atoms with Crippen LogP contribution in [0, 0.1) is 13.8 Å². The summed E-state index contributed by atoms with van der Waals surface area (Å²) in [6, 6.07) is 13.2. The number of sulfonamides is 1. The Morgan fingerprint density at radius 1 is 1.04 bits per heavy atom. The average Bonchev–Trinajstić information content (AvgIpc) is 2.68. The van der Waals surface area contributed by atoms with Crippen molar-refractivity contribution in [1.82, 2.24) is 14.5 Å². The van der Waals surface area contributed by atoms with Crippen molar-refractivity contribution < 1.29 is 13.2 Å². The summed E-state index contributed by atoms with van der Waals surface area (Å²) < 4.78 is 26.4. The molecule has 3 rings (SSSR count). The first kappa shape index (κ1) is 20.5. The van der Waals surface area contributed by atoms with Crippen LogP contribution in [0.2, 0.25) is 0 Å². The van der Waals surface area contributed by atoms with Gasteiger partial charge in [-0.15, -0.1) is 0 Å². The van der Waals surface area contributed by atoms with Gasteiger partial charge in [0.1, 0.15) is 0 Å². The van der Waals surface area contributed by atoms with E-state index in [4.69, 9.17) is 0 Å². The summed E-state index contributed by atoms with van der Waals surface area (Å²) in [5, 5.41) is 0. The molecule has 0 aliphatic carbocycles. The smallest absolute Gasteiger partial charge is 0.254 e. The van der Waals surface area contributed by atoms with Gasteiger partial charge in [0.2, 0.25) is 10.0 Å². The number of hydrogen-bond acceptors (Lipinski definition) is 4. The molecule has 0 atom stereocenters. The molecule has 0 bridgehead atoms. The highest BCUT2D eigenvalue weighted by molar-refractivity contribution is 7.89. The number of hydrogen-bond donors (Lipinski definition) is 1. The lowest BCUT2D eigenvalue weighted by atomic mass is 10.1. The van der Waals surface area contributed by atoms with Gasteiger partial charge in [-0.3, -0.25) is 9.69 Å². The van der Waals surface area contributed by atoms with Gasteiger partial charge in [-0.2, -0.15) is 0 Å². The van der Waals surface area contributed by atoms with Crippen LogP contribution < -0.4 is 4.72 Å². The summed E-state index contributed by atoms with van der Waals surface area (Å²) in [7, 11) is -2.21. The zero-order valence-corrected chi connectivity index (χ0v) is 17.4. The van der Waals surface area contributed by atoms with Crippen LogP contribution in [0.1, 0.15) is 27.0 Å². The first-order chi connectivity index (χ1) is 13.3. The minimum atomic E-state index is -3.58. The van der Waals surface area contributed by atoms with Gasteiger partial charge in [-0.05, 0) is 44.2 Å². The lowest BCUT2D eigenvalue weighted by Gasteiger charge is -2.35. The van der Waals surface area contributed by atoms with E-state index in [1.807, 2.05) is 11.8 Å². The molecule has 1 fully saturated rings. The van der Waals surface area contributed by atoms with Gasteiger partial charge in [-0.1, -0.05) is 35.9 Å². The van der Waals surface area contributed by atoms with E-state index in [2.05, 4.69) is 40.8 Å². The lowest BCUT2D eigenvalue weighted by molar-refractivity contribution is 0.0627. The Morgan fingerprint density at radius 3 is 2.39 bits per heavy atom. The number of piperazine rings is 1. The lowest BCUT2D eigenvalue weighted by Crippen LogP contribution is -2.48. The highest BCUT2D eigenvalue weighted by atomic mass is 32.2. The maximum absolute atomic E-state index is 13.0. The largest absolute Gasteiger partial charge is 0.336 e. The summed E-state index contributed by atoms with van der Waals surface area (Å²) in [6.07, 6.45) is 0. The van der Waals surface area contributed by atoms with E-state index in [9.17, 15) is 13.2 Å². The summed E-state index contributed by atoms with van der Waals surface area (Å²) in [6.45, 7) is 7.65. The maximum Gasteiger partial charge on any atom is 0.254 e. The Kier molecular flexibility index (Phi) is 6.17. The van der Waals surface area contributed by atoms with Crippen LogP contribution in [0.15, 0.2) is 47.4 Å². The van der Waals surface area contributed by atoms with Crippen molar-refractivity contribution in [3.05, 3.63) is 64.7 Å². The second-order valence-corrected chi connectivity index (χ2v) is 9.13. The topological polar surface area (TPSA) is 69.7 Å². The van der Waals surface area contributed by atoms with Crippen LogP contribution in [0.25, 0.3) is 0 Å². The van der Waals surface area contributed by atoms with E-state index in [1.165, 1.54) is 30.3 Å². The third-order valence-electron chi connectivity index (χ3n) is 5.17. The second-order valence-electron chi connectivity index (χ2n) is 7.24. The molecule has 6 nitrogen and oxygen atoms in total. The van der Waals surface area contributed by atoms with Gasteiger partial charge in [0.05, 0.1) is 4.90 Å². The number of carbonyl (C=O) groups is 1. The van der Waals surface area contributed by atoms with E-state index < -0.39 is 10.0 Å². The quantitative estimate of drug-likeness (QED) is 0.834. The zero-order chi connectivity index (χ0) is 20.3. The van der Waals surface area contributed by atoms with E-state index in [0.717, 1.165) is 25.2 Å². The van der Waals surface area contributed by atoms with E-state index >= 15 is 0 Å². The van der Waals surface area contributed by atoms with Crippen molar-refractivity contribution in [2.24, 2.45) is 0 Å². The number of nitrogens with zero attached hydrogens (tertiary/aromatic N) is 2. The Balaban J connectivity index is 1.68. The molecule has 150 valence electrons. The van der Waals surface area contributed by atoms with Crippen LogP contribution in [0.3, 0.4) is 0 Å². The van der Waals surface area contributed by atoms with Gasteiger partial charge >= 0.3 is 0 Å². The molecule has 0 saturated carbocycles. The van der Waals surface area contributed by atoms with E-state index in [1.54, 1.807) is 6.07 Å². The Morgan fingerprint density at radius 2 is 1.75 bits per heavy atom. The second kappa shape index (κ2) is 8.43. The molecule has 1 aliphatic heterocycles. The molecule has 1 heterocycles. The molecule has 0 unspecified atom stereocenters. The van der Waals surface area contributed by atoms with Crippen LogP contribution in [0.5, 0.6) is 0 Å². The van der Waals surface area contributed by atoms with Crippen LogP contribution in [-0.2, 0) is 16.6 Å². The Bertz CT molecular complexity index is 965. The highest BCUT2D eigenvalue weighted by Crippen LogP contribution is 2.19. The fraction of sp³-hybridized carbons (Fsp3) is 0.381. The molecular formula is C21H27N3O3S. The Hall–Kier alpha value is -2.22. The maximum atomic E-state index is 13.0. The van der Waals surface area contributed by atoms with Gasteiger partial charge in [0, 0.05) is 38.3 Å². The SMILES string of the molecule is CNS(=O)(=O)c1ccc(C)c(C(=O)N2CCN(Cc3cccc(C)c3)CC2)c1. The fourth-order valence-corrected chi connectivity index (χ4v) is 4.22. The molecule has 0 spiro atoms. The molecule has 0 aromatic heterocycles. The predicted molar refractivity (Wildman–Crippen MR) is 110 cm³/mol. The highest BCUT2D eigenvalue weighted by Gasteiger charge is 2.24. The van der Waals surface area contributed by atoms with Crippen molar-refractivity contribution in [3.63, 3.8) is 0 Å². The van der Waals surface area contributed by atoms with Crippen LogP contribution in [-0.4, -0.2) is 57.4 Å². The first-order valence-electron chi connectivity index (χ1n) is 9.41. The summed E-state index contributed by atoms with van der Waals surface area (Å²) in [5.41, 5.74) is 3.75. The number of aryl methyl sites for hydroxylation is 2. The first-order valence-corrected chi connectivity index (χ1v) is 10.9. The van der Waals surface area contributed by atoms with E-state index in [-0.39, 0.29) is 10.8 Å². The zero-order valence-electron chi connectivity index (χ0n) is 16.6. The third kappa shape index (κ3) is 4.60. The van der Waals surface area contributed by atoms with Gasteiger partial charge in [0.15, 0.2) is 0 Å². The van der Waals surface area contributed by atoms with Crippen molar-refractivity contribution in [1.29, 1.82) is 0 Å². The van der Waals surface area contributed by atoms with Gasteiger partial charge < -0.3 is 4.90 Å². The number of amides is 1. The molecular weight excluding hydrogens is 374 g/mol. The standard InChI is InChI=1S/C21H27N3O3S/c1-16-5-4-6-18(13-16)15-23-9-11-24(12-10-23)21(25)20-14-19(8-7-17(20)2)28(26,27)22-3/h4-8,13-14,22H,9-12,15H2,1-3H3. The molecule has 2 aromatic rings. The van der Waals surface area contributed by atoms with Crippen molar-refractivity contribution in [3.8, 4) is 0 Å². The summed E-state index contributed by atoms with van der Waals surface area (Å²) in [5.74, 6) is -0.110. The molecule has 1 N–H and O–H groups in total. The normalized spacial score (nSPS) is 15.6. The number of nitrogens with one attached hydrogen (secondary N) is 1. The van der Waals surface area contributed by atoms with Gasteiger partial charge in [-0.25, -0.2) is 13.1 Å². The average molecular weight is 402 g/mol. The molecule has 2 aromatic carbocycles. The molecule has 1 aliphatic rings. The predicted octanol–water partition coefficient (Wildman–Crippen LogP) is 2.17. The minimum Gasteiger partial charge on any atom is -0.336 e. The summed E-state index contributed by atoms with van der Waals surface area (Å²) >= 11 is 0. The van der Waals surface area contributed by atoms with Crippen LogP contribution in [0.4, 0.5) is 0 Å². The summed E-state index contributed by atoms with van der Waals surface area (Å²) in [4.78, 5) is 17.3. The van der Waals surface area contributed by atoms with Crippen molar-refractivity contribution in [2.75, 3.05) is 33.2 Å². The van der Waals surface area contributed by atoms with Crippen molar-refractivity contribution >= 4 is 15.9 Å². The number of rotatable bonds is 5. The third-order valence-corrected chi connectivity index (χ3v) is 6.58. The Labute approximate surface area is 167 Å². The monoisotopic (exact) mass is 401 g/mol. The van der Waals surface area contributed by atoms with Crippen LogP contribution >= 0.6 is 0 Å². The van der Waals surface area contributed by atoms with Gasteiger partial charge in [0.25, 0.3) is 5.91 Å². The number of benzene rings is 2. The molecule has 1 saturated heterocycles.